The number of carboxylic acid groups (broad SMARTS) is 1. The molecular weight excluding hydrogens is 646 g/mol. The van der Waals surface area contributed by atoms with Crippen LogP contribution in [0.5, 0.6) is 5.75 Å². The van der Waals surface area contributed by atoms with Crippen LogP contribution in [0.4, 0.5) is 22.0 Å². The molecule has 0 radical (unpaired) electrons. The Hall–Kier alpha value is -4.60. The minimum absolute atomic E-state index is 0.0466. The zero-order chi connectivity index (χ0) is 35.7. The highest BCUT2D eigenvalue weighted by Crippen LogP contribution is 2.40. The van der Waals surface area contributed by atoms with Gasteiger partial charge in [-0.2, -0.15) is 0 Å². The zero-order valence-corrected chi connectivity index (χ0v) is 30.0. The van der Waals surface area contributed by atoms with Crippen molar-refractivity contribution < 1.29 is 24.1 Å². The Balaban J connectivity index is 0.966. The summed E-state index contributed by atoms with van der Waals surface area (Å²) in [6.45, 7) is 8.63. The molecule has 0 spiro atoms. The number of carbonyl (C=O) groups is 1. The summed E-state index contributed by atoms with van der Waals surface area (Å²) in [6, 6.07) is 14.6. The molecule has 3 aliphatic heterocycles. The molecule has 4 aliphatic rings. The molecule has 12 nitrogen and oxygen atoms in total. The first-order valence-electron chi connectivity index (χ1n) is 18.1. The number of hydrogen-bond acceptors (Lipinski definition) is 10. The second-order valence-electron chi connectivity index (χ2n) is 15.3. The van der Waals surface area contributed by atoms with Gasteiger partial charge in [0.2, 0.25) is 0 Å². The minimum atomic E-state index is -0.839. The maximum absolute atomic E-state index is 11.8. The number of para-hydroxylation sites is 1. The lowest BCUT2D eigenvalue weighted by Gasteiger charge is -2.46. The van der Waals surface area contributed by atoms with Gasteiger partial charge in [0.25, 0.3) is 0 Å². The van der Waals surface area contributed by atoms with Crippen LogP contribution < -0.4 is 20.3 Å². The summed E-state index contributed by atoms with van der Waals surface area (Å²) in [6.07, 6.45) is 6.77. The summed E-state index contributed by atoms with van der Waals surface area (Å²) in [5.74, 6) is 8.18. The largest absolute Gasteiger partial charge is 0.467 e. The van der Waals surface area contributed by atoms with Crippen LogP contribution in [0.3, 0.4) is 0 Å². The maximum atomic E-state index is 11.8. The summed E-state index contributed by atoms with van der Waals surface area (Å²) in [5, 5.41) is 18.4. The van der Waals surface area contributed by atoms with Crippen molar-refractivity contribution in [3.05, 3.63) is 54.4 Å². The number of pyridine rings is 1. The summed E-state index contributed by atoms with van der Waals surface area (Å²) < 4.78 is 17.4. The highest BCUT2D eigenvalue weighted by molar-refractivity contribution is 5.75. The Morgan fingerprint density at radius 3 is 2.51 bits per heavy atom. The van der Waals surface area contributed by atoms with Crippen molar-refractivity contribution in [3.63, 3.8) is 0 Å². The number of piperazine rings is 1. The SMILES string of the molecule is COCOc1ccccc1-c1cc(N2CC3CCC(C2)N3c2ccnc(C#CC3CC(OC4CCN(C(=O)O)C(C(C)(C)C)C4)C3)c2)c(N)nn1. The smallest absolute Gasteiger partial charge is 0.407 e. The van der Waals surface area contributed by atoms with Crippen LogP contribution in [0.25, 0.3) is 11.3 Å². The molecule has 3 saturated heterocycles. The first-order valence-corrected chi connectivity index (χ1v) is 18.1. The summed E-state index contributed by atoms with van der Waals surface area (Å²) in [5.41, 5.74) is 10.7. The number of piperidine rings is 1. The maximum Gasteiger partial charge on any atom is 0.407 e. The Bertz CT molecular complexity index is 1770. The van der Waals surface area contributed by atoms with E-state index in [0.29, 0.717) is 35.9 Å². The molecule has 1 aromatic carbocycles. The van der Waals surface area contributed by atoms with Gasteiger partial charge in [0, 0.05) is 68.2 Å². The van der Waals surface area contributed by atoms with Gasteiger partial charge in [-0.1, -0.05) is 38.8 Å². The van der Waals surface area contributed by atoms with E-state index in [9.17, 15) is 9.90 Å². The quantitative estimate of drug-likeness (QED) is 0.223. The van der Waals surface area contributed by atoms with Crippen molar-refractivity contribution in [2.75, 3.05) is 49.1 Å². The third kappa shape index (κ3) is 7.55. The first-order chi connectivity index (χ1) is 24.6. The van der Waals surface area contributed by atoms with E-state index in [2.05, 4.69) is 69.7 Å². The molecule has 2 bridgehead atoms. The van der Waals surface area contributed by atoms with Gasteiger partial charge >= 0.3 is 6.09 Å². The fraction of sp³-hybridized carbons (Fsp3) is 0.538. The summed E-state index contributed by atoms with van der Waals surface area (Å²) in [7, 11) is 1.60. The van der Waals surface area contributed by atoms with E-state index < -0.39 is 6.09 Å². The normalized spacial score (nSPS) is 25.9. The predicted molar refractivity (Wildman–Crippen MR) is 196 cm³/mol. The number of nitrogens with two attached hydrogens (primary N) is 1. The number of aromatic nitrogens is 3. The van der Waals surface area contributed by atoms with Crippen LogP contribution >= 0.6 is 0 Å². The highest BCUT2D eigenvalue weighted by Gasteiger charge is 2.42. The first kappa shape index (κ1) is 34.8. The molecule has 7 rings (SSSR count). The van der Waals surface area contributed by atoms with E-state index >= 15 is 0 Å². The van der Waals surface area contributed by atoms with Gasteiger partial charge in [-0.05, 0) is 80.2 Å². The Morgan fingerprint density at radius 1 is 1.02 bits per heavy atom. The molecule has 3 N–H and O–H groups in total. The number of hydrogen-bond donors (Lipinski definition) is 2. The molecule has 4 atom stereocenters. The zero-order valence-electron chi connectivity index (χ0n) is 30.0. The topological polar surface area (TPSA) is 139 Å². The monoisotopic (exact) mass is 695 g/mol. The number of benzene rings is 1. The Morgan fingerprint density at radius 2 is 1.78 bits per heavy atom. The lowest BCUT2D eigenvalue weighted by atomic mass is 9.79. The molecule has 270 valence electrons. The standard InChI is InChI=1S/C39H49N7O5/c1-39(2,3)36-20-30(14-16-45(36)38(47)48)51-31-17-25(18-31)9-10-26-19-27(13-15-41-26)46-28-11-12-29(46)23-44(22-28)34-21-33(42-43-37(34)40)32-7-5-6-8-35(32)50-24-49-4/h5-8,13,15,19,21,25,28-31,36H,11-12,14,16-18,20,22-24H2,1-4H3,(H2,40,43)(H,47,48). The highest BCUT2D eigenvalue weighted by atomic mass is 16.7. The molecule has 4 unspecified atom stereocenters. The second kappa shape index (κ2) is 14.6. The van der Waals surface area contributed by atoms with E-state index in [-0.39, 0.29) is 36.4 Å². The molecule has 1 saturated carbocycles. The van der Waals surface area contributed by atoms with E-state index in [1.165, 1.54) is 0 Å². The van der Waals surface area contributed by atoms with Gasteiger partial charge in [-0.25, -0.2) is 9.78 Å². The Labute approximate surface area is 300 Å². The van der Waals surface area contributed by atoms with Crippen LogP contribution in [0, 0.1) is 23.2 Å². The summed E-state index contributed by atoms with van der Waals surface area (Å²) in [4.78, 5) is 22.9. The average Bonchev–Trinajstić information content (AvgIpc) is 3.37. The number of nitrogens with zero attached hydrogens (tertiary/aromatic N) is 6. The van der Waals surface area contributed by atoms with Crippen LogP contribution in [0.2, 0.25) is 0 Å². The molecule has 1 amide bonds. The fourth-order valence-corrected chi connectivity index (χ4v) is 8.22. The van der Waals surface area contributed by atoms with E-state index in [4.69, 9.17) is 19.9 Å². The number of nitrogen functional groups attached to an aromatic ring is 1. The van der Waals surface area contributed by atoms with E-state index in [1.54, 1.807) is 12.0 Å². The third-order valence-corrected chi connectivity index (χ3v) is 10.8. The third-order valence-electron chi connectivity index (χ3n) is 10.8. The van der Waals surface area contributed by atoms with Gasteiger partial charge in [0.05, 0.1) is 23.6 Å². The predicted octanol–water partition coefficient (Wildman–Crippen LogP) is 5.66. The van der Waals surface area contributed by atoms with E-state index in [0.717, 1.165) is 74.2 Å². The average molecular weight is 696 g/mol. The number of ether oxygens (including phenoxy) is 3. The minimum Gasteiger partial charge on any atom is -0.467 e. The number of likely N-dealkylation sites (tertiary alicyclic amines) is 1. The van der Waals surface area contributed by atoms with Gasteiger partial charge in [0.1, 0.15) is 11.4 Å². The van der Waals surface area contributed by atoms with Gasteiger partial charge in [-0.15, -0.1) is 10.2 Å². The molecule has 51 heavy (non-hydrogen) atoms. The van der Waals surface area contributed by atoms with E-state index in [1.807, 2.05) is 36.5 Å². The number of fused-ring (bicyclic) bond motifs is 2. The van der Waals surface area contributed by atoms with Gasteiger partial charge in [0.15, 0.2) is 12.6 Å². The lowest BCUT2D eigenvalue weighted by Crippen LogP contribution is -2.54. The van der Waals surface area contributed by atoms with Crippen molar-refractivity contribution in [3.8, 4) is 28.8 Å². The molecule has 3 aromatic rings. The van der Waals surface area contributed by atoms with Crippen molar-refractivity contribution in [1.29, 1.82) is 0 Å². The van der Waals surface area contributed by atoms with Crippen molar-refractivity contribution in [2.45, 2.75) is 89.6 Å². The number of methoxy groups -OCH3 is 1. The molecule has 12 heteroatoms. The second-order valence-corrected chi connectivity index (χ2v) is 15.3. The number of anilines is 3. The van der Waals surface area contributed by atoms with Gasteiger partial charge < -0.3 is 39.8 Å². The molecule has 5 heterocycles. The van der Waals surface area contributed by atoms with Crippen LogP contribution in [0.15, 0.2) is 48.7 Å². The van der Waals surface area contributed by atoms with Crippen molar-refractivity contribution in [1.82, 2.24) is 20.1 Å². The Kier molecular flexibility index (Phi) is 9.94. The number of amides is 1. The lowest BCUT2D eigenvalue weighted by molar-refractivity contribution is -0.101. The van der Waals surface area contributed by atoms with Crippen LogP contribution in [-0.2, 0) is 9.47 Å². The summed E-state index contributed by atoms with van der Waals surface area (Å²) >= 11 is 0. The van der Waals surface area contributed by atoms with Gasteiger partial charge in [-0.3, -0.25) is 0 Å². The van der Waals surface area contributed by atoms with Crippen molar-refractivity contribution >= 4 is 23.3 Å². The molecule has 4 fully saturated rings. The van der Waals surface area contributed by atoms with Crippen LogP contribution in [0.1, 0.15) is 65.0 Å². The fourth-order valence-electron chi connectivity index (χ4n) is 8.22. The molecule has 2 aromatic heterocycles. The van der Waals surface area contributed by atoms with Crippen LogP contribution in [-0.4, -0.2) is 95.2 Å². The molecular formula is C39H49N7O5. The number of rotatable bonds is 8. The molecule has 1 aliphatic carbocycles. The van der Waals surface area contributed by atoms with Crippen molar-refractivity contribution in [2.24, 2.45) is 11.3 Å².